The fourth-order valence-electron chi connectivity index (χ4n) is 4.79. The van der Waals surface area contributed by atoms with Crippen molar-refractivity contribution in [2.45, 2.75) is 51.5 Å². The Labute approximate surface area is 220 Å². The van der Waals surface area contributed by atoms with E-state index in [1.54, 1.807) is 14.1 Å². The van der Waals surface area contributed by atoms with Gasteiger partial charge in [0.15, 0.2) is 0 Å². The highest BCUT2D eigenvalue weighted by Gasteiger charge is 2.50. The molecule has 8 nitrogen and oxygen atoms in total. The van der Waals surface area contributed by atoms with Gasteiger partial charge < -0.3 is 10.6 Å². The van der Waals surface area contributed by atoms with Crippen LogP contribution >= 0.6 is 0 Å². The molecule has 3 N–H and O–H groups in total. The predicted molar refractivity (Wildman–Crippen MR) is 144 cm³/mol. The zero-order valence-electron chi connectivity index (χ0n) is 22.4. The molecule has 2 heterocycles. The van der Waals surface area contributed by atoms with E-state index in [9.17, 15) is 19.2 Å². The number of nitrogens with zero attached hydrogens (tertiary/aromatic N) is 1. The van der Waals surface area contributed by atoms with Crippen molar-refractivity contribution < 1.29 is 19.2 Å². The van der Waals surface area contributed by atoms with Crippen molar-refractivity contribution in [1.82, 2.24) is 20.9 Å². The van der Waals surface area contributed by atoms with Gasteiger partial charge in [0.1, 0.15) is 0 Å². The fourth-order valence-corrected chi connectivity index (χ4v) is 4.79. The fraction of sp³-hybridized carbons (Fsp3) is 0.448. The average molecular weight is 509 g/mol. The van der Waals surface area contributed by atoms with Crippen LogP contribution in [0.15, 0.2) is 60.7 Å². The monoisotopic (exact) mass is 508 g/mol. The number of imide groups is 1. The Hall–Kier alpha value is -3.52. The van der Waals surface area contributed by atoms with E-state index in [1.165, 1.54) is 19.4 Å². The lowest BCUT2D eigenvalue weighted by molar-refractivity contribution is -0.140. The number of carbonyl (C=O) groups excluding carboxylic acids is 4. The number of nitrogens with one attached hydrogen (secondary N) is 3. The first kappa shape index (κ1) is 29.7. The number of amides is 4. The van der Waals surface area contributed by atoms with Gasteiger partial charge in [-0.05, 0) is 49.4 Å². The van der Waals surface area contributed by atoms with E-state index >= 15 is 0 Å². The van der Waals surface area contributed by atoms with Crippen LogP contribution in [0.5, 0.6) is 0 Å². The van der Waals surface area contributed by atoms with Crippen molar-refractivity contribution in [3.63, 3.8) is 0 Å². The number of piperidine rings is 2. The summed E-state index contributed by atoms with van der Waals surface area (Å²) >= 11 is 0. The minimum Gasteiger partial charge on any atom is -0.359 e. The molecule has 2 fully saturated rings. The molecule has 0 aliphatic carbocycles. The lowest BCUT2D eigenvalue weighted by Gasteiger charge is -2.45. The smallest absolute Gasteiger partial charge is 0.237 e. The summed E-state index contributed by atoms with van der Waals surface area (Å²) in [5, 5.41) is 7.40. The highest BCUT2D eigenvalue weighted by molar-refractivity contribution is 6.03. The van der Waals surface area contributed by atoms with Crippen LogP contribution in [-0.2, 0) is 31.1 Å². The predicted octanol–water partition coefficient (Wildman–Crippen LogP) is 2.78. The van der Waals surface area contributed by atoms with Crippen LogP contribution in [0, 0.1) is 5.92 Å². The molecule has 2 aliphatic rings. The average Bonchev–Trinajstić information content (AvgIpc) is 2.91. The number of hydrogen-bond donors (Lipinski definition) is 3. The van der Waals surface area contributed by atoms with E-state index in [2.05, 4.69) is 45.1 Å². The van der Waals surface area contributed by atoms with Gasteiger partial charge in [0.2, 0.25) is 23.6 Å². The minimum atomic E-state index is -0.575. The zero-order valence-corrected chi connectivity index (χ0v) is 22.4. The maximum absolute atomic E-state index is 13.1. The molecule has 1 atom stereocenters. The van der Waals surface area contributed by atoms with Gasteiger partial charge in [0.05, 0.1) is 5.41 Å². The van der Waals surface area contributed by atoms with Crippen LogP contribution in [0.1, 0.15) is 50.7 Å². The van der Waals surface area contributed by atoms with Crippen LogP contribution in [0.2, 0.25) is 0 Å². The molecular weight excluding hydrogens is 468 g/mol. The van der Waals surface area contributed by atoms with E-state index in [1.807, 2.05) is 36.4 Å². The van der Waals surface area contributed by atoms with Crippen molar-refractivity contribution in [2.75, 3.05) is 27.2 Å². The molecule has 2 saturated heterocycles. The van der Waals surface area contributed by atoms with E-state index in [0.717, 1.165) is 38.0 Å². The van der Waals surface area contributed by atoms with E-state index in [0.29, 0.717) is 12.8 Å². The van der Waals surface area contributed by atoms with Crippen LogP contribution in [0.25, 0.3) is 0 Å². The van der Waals surface area contributed by atoms with Gasteiger partial charge in [-0.25, -0.2) is 0 Å². The summed E-state index contributed by atoms with van der Waals surface area (Å²) in [5.41, 5.74) is 1.81. The molecule has 4 rings (SSSR count). The maximum atomic E-state index is 13.1. The molecule has 0 aromatic heterocycles. The van der Waals surface area contributed by atoms with Gasteiger partial charge in [-0.3, -0.25) is 29.4 Å². The normalized spacial score (nSPS) is 19.8. The Morgan fingerprint density at radius 1 is 0.892 bits per heavy atom. The van der Waals surface area contributed by atoms with Gasteiger partial charge in [-0.2, -0.15) is 0 Å². The van der Waals surface area contributed by atoms with Gasteiger partial charge in [0.25, 0.3) is 0 Å². The second kappa shape index (κ2) is 14.9. The van der Waals surface area contributed by atoms with Crippen LogP contribution < -0.4 is 16.0 Å². The van der Waals surface area contributed by atoms with Crippen LogP contribution in [0.3, 0.4) is 0 Å². The molecule has 8 heteroatoms. The summed E-state index contributed by atoms with van der Waals surface area (Å²) in [6, 6.07) is 20.6. The molecule has 200 valence electrons. The summed E-state index contributed by atoms with van der Waals surface area (Å²) < 4.78 is 0. The number of rotatable bonds is 4. The largest absolute Gasteiger partial charge is 0.359 e. The lowest BCUT2D eigenvalue weighted by Crippen LogP contribution is -2.57. The quantitative estimate of drug-likeness (QED) is 0.551. The Morgan fingerprint density at radius 3 is 1.84 bits per heavy atom. The van der Waals surface area contributed by atoms with Gasteiger partial charge in [-0.1, -0.05) is 60.7 Å². The molecule has 2 aromatic rings. The van der Waals surface area contributed by atoms with Gasteiger partial charge in [0, 0.05) is 40.9 Å². The Morgan fingerprint density at radius 2 is 1.38 bits per heavy atom. The van der Waals surface area contributed by atoms with Gasteiger partial charge in [-0.15, -0.1) is 0 Å². The number of hydrogen-bond acceptors (Lipinski definition) is 5. The standard InChI is InChI=1S/C23H26N2O2.2C3H7NO/c26-21-11-14-23(22(27)24-21,19-9-5-2-6-10-19)20-12-15-25(16-13-20)17-18-7-3-1-4-8-18;2*1-3(5)4-2/h1-10,20H,11-17H2,(H,24,26,27);2*1-2H3,(H,4,5). The third-order valence-corrected chi connectivity index (χ3v) is 6.93. The zero-order chi connectivity index (χ0) is 27.3. The van der Waals surface area contributed by atoms with E-state index in [-0.39, 0.29) is 29.5 Å². The highest BCUT2D eigenvalue weighted by atomic mass is 16.2. The SMILES string of the molecule is CNC(C)=O.CNC(C)=O.O=C1CCC(c2ccccc2)(C2CCN(Cc3ccccc3)CC2)C(=O)N1. The summed E-state index contributed by atoms with van der Waals surface area (Å²) in [6.45, 7) is 5.86. The first-order valence-electron chi connectivity index (χ1n) is 12.8. The first-order valence-corrected chi connectivity index (χ1v) is 12.8. The lowest BCUT2D eigenvalue weighted by atomic mass is 9.62. The molecular formula is C29H40N4O4. The summed E-state index contributed by atoms with van der Waals surface area (Å²) in [6.07, 6.45) is 2.99. The number of likely N-dealkylation sites (tertiary alicyclic amines) is 1. The summed E-state index contributed by atoms with van der Waals surface area (Å²) in [7, 11) is 3.20. The minimum absolute atomic E-state index is 0.00463. The van der Waals surface area contributed by atoms with E-state index in [4.69, 9.17) is 0 Å². The second-order valence-corrected chi connectivity index (χ2v) is 9.36. The van der Waals surface area contributed by atoms with Crippen molar-refractivity contribution in [3.8, 4) is 0 Å². The maximum Gasteiger partial charge on any atom is 0.237 e. The summed E-state index contributed by atoms with van der Waals surface area (Å²) in [4.78, 5) is 46.7. The van der Waals surface area contributed by atoms with Gasteiger partial charge >= 0.3 is 0 Å². The molecule has 1 unspecified atom stereocenters. The van der Waals surface area contributed by atoms with Crippen LogP contribution in [0.4, 0.5) is 0 Å². The molecule has 4 amide bonds. The van der Waals surface area contributed by atoms with Crippen molar-refractivity contribution in [3.05, 3.63) is 71.8 Å². The number of benzene rings is 2. The Bertz CT molecular complexity index is 1010. The highest BCUT2D eigenvalue weighted by Crippen LogP contribution is 2.44. The third kappa shape index (κ3) is 8.82. The van der Waals surface area contributed by atoms with Crippen molar-refractivity contribution in [1.29, 1.82) is 0 Å². The summed E-state index contributed by atoms with van der Waals surface area (Å²) in [5.74, 6) is 0.0227. The van der Waals surface area contributed by atoms with Crippen molar-refractivity contribution in [2.24, 2.45) is 5.92 Å². The van der Waals surface area contributed by atoms with Crippen LogP contribution in [-0.4, -0.2) is 55.7 Å². The molecule has 2 aromatic carbocycles. The molecule has 37 heavy (non-hydrogen) atoms. The first-order chi connectivity index (χ1) is 17.7. The Kier molecular flexibility index (Phi) is 12.0. The number of carbonyl (C=O) groups is 4. The molecule has 0 bridgehead atoms. The third-order valence-electron chi connectivity index (χ3n) is 6.93. The topological polar surface area (TPSA) is 108 Å². The Balaban J connectivity index is 0.000000412. The second-order valence-electron chi connectivity index (χ2n) is 9.36. The molecule has 0 saturated carbocycles. The molecule has 0 spiro atoms. The molecule has 0 radical (unpaired) electrons. The molecule has 2 aliphatic heterocycles. The van der Waals surface area contributed by atoms with Crippen molar-refractivity contribution >= 4 is 23.6 Å². The van der Waals surface area contributed by atoms with E-state index < -0.39 is 5.41 Å².